The summed E-state index contributed by atoms with van der Waals surface area (Å²) in [5.41, 5.74) is 1.59. The Labute approximate surface area is 118 Å². The maximum Gasteiger partial charge on any atom is 0.0436 e. The maximum absolute atomic E-state index is 6.22. The first-order chi connectivity index (χ1) is 8.90. The van der Waals surface area contributed by atoms with Crippen LogP contribution in [0.4, 0.5) is 0 Å². The lowest BCUT2D eigenvalue weighted by molar-refractivity contribution is 0.392. The molecule has 0 atom stereocenters. The van der Waals surface area contributed by atoms with Crippen molar-refractivity contribution in [3.8, 4) is 0 Å². The molecule has 0 N–H and O–H groups in total. The molecule has 2 fully saturated rings. The summed E-state index contributed by atoms with van der Waals surface area (Å²) in [7, 11) is 0. The van der Waals surface area contributed by atoms with Gasteiger partial charge >= 0.3 is 0 Å². The smallest absolute Gasteiger partial charge is 0.0436 e. The summed E-state index contributed by atoms with van der Waals surface area (Å²) in [6, 6.07) is 0. The average molecular weight is 269 g/mol. The number of rotatable bonds is 3. The minimum atomic E-state index is 0.779. The van der Waals surface area contributed by atoms with E-state index in [1.54, 1.807) is 5.57 Å². The predicted octanol–water partition coefficient (Wildman–Crippen LogP) is 6.09. The van der Waals surface area contributed by atoms with Gasteiger partial charge in [0.25, 0.3) is 0 Å². The van der Waals surface area contributed by atoms with Crippen molar-refractivity contribution in [2.24, 2.45) is 11.8 Å². The molecule has 104 valence electrons. The molecule has 2 aliphatic carbocycles. The number of hydrogen-bond donors (Lipinski definition) is 0. The molecule has 0 aromatic heterocycles. The Morgan fingerprint density at radius 2 is 1.28 bits per heavy atom. The molecule has 0 unspecified atom stereocenters. The van der Waals surface area contributed by atoms with Gasteiger partial charge < -0.3 is 0 Å². The predicted molar refractivity (Wildman–Crippen MR) is 81.2 cm³/mol. The van der Waals surface area contributed by atoms with Gasteiger partial charge in [0.1, 0.15) is 0 Å². The molecular weight excluding hydrogens is 240 g/mol. The second kappa shape index (κ2) is 8.25. The molecule has 0 aliphatic heterocycles. The molecular formula is C17H29Cl. The highest BCUT2D eigenvalue weighted by molar-refractivity contribution is 6.19. The van der Waals surface area contributed by atoms with E-state index in [0.717, 1.165) is 17.7 Å². The van der Waals surface area contributed by atoms with Gasteiger partial charge in [-0.25, -0.2) is 0 Å². The van der Waals surface area contributed by atoms with Crippen molar-refractivity contribution in [2.75, 3.05) is 5.88 Å². The van der Waals surface area contributed by atoms with Gasteiger partial charge in [-0.2, -0.15) is 0 Å². The van der Waals surface area contributed by atoms with E-state index >= 15 is 0 Å². The molecule has 0 saturated heterocycles. The molecule has 0 nitrogen and oxygen atoms in total. The van der Waals surface area contributed by atoms with Crippen molar-refractivity contribution < 1.29 is 0 Å². The third kappa shape index (κ3) is 4.61. The Bertz CT molecular complexity index is 242. The molecule has 0 heterocycles. The zero-order valence-electron chi connectivity index (χ0n) is 11.8. The second-order valence-electron chi connectivity index (χ2n) is 6.32. The Morgan fingerprint density at radius 3 is 1.89 bits per heavy atom. The van der Waals surface area contributed by atoms with Gasteiger partial charge in [-0.15, -0.1) is 11.6 Å². The highest BCUT2D eigenvalue weighted by Gasteiger charge is 2.19. The van der Waals surface area contributed by atoms with Crippen LogP contribution in [0.5, 0.6) is 0 Å². The maximum atomic E-state index is 6.22. The highest BCUT2D eigenvalue weighted by Crippen LogP contribution is 2.33. The zero-order valence-corrected chi connectivity index (χ0v) is 12.6. The molecule has 18 heavy (non-hydrogen) atoms. The SMILES string of the molecule is ClCC(=CC1CCCCCCC1)C1CCCCC1. The van der Waals surface area contributed by atoms with Crippen LogP contribution in [0, 0.1) is 11.8 Å². The molecule has 0 radical (unpaired) electrons. The fourth-order valence-electron chi connectivity index (χ4n) is 3.72. The van der Waals surface area contributed by atoms with Crippen molar-refractivity contribution in [1.29, 1.82) is 0 Å². The van der Waals surface area contributed by atoms with Gasteiger partial charge in [0.05, 0.1) is 0 Å². The number of alkyl halides is 1. The Hall–Kier alpha value is 0.0300. The van der Waals surface area contributed by atoms with Gasteiger partial charge in [-0.1, -0.05) is 63.0 Å². The molecule has 0 aromatic rings. The van der Waals surface area contributed by atoms with E-state index in [-0.39, 0.29) is 0 Å². The topological polar surface area (TPSA) is 0 Å². The molecule has 0 amide bonds. The first-order valence-electron chi connectivity index (χ1n) is 8.16. The van der Waals surface area contributed by atoms with Gasteiger partial charge in [0.15, 0.2) is 0 Å². The van der Waals surface area contributed by atoms with E-state index in [0.29, 0.717) is 0 Å². The van der Waals surface area contributed by atoms with Crippen molar-refractivity contribution in [3.05, 3.63) is 11.6 Å². The van der Waals surface area contributed by atoms with Gasteiger partial charge in [-0.05, 0) is 37.5 Å². The Kier molecular flexibility index (Phi) is 6.62. The summed E-state index contributed by atoms with van der Waals surface area (Å²) in [5.74, 6) is 2.43. The molecule has 1 heteroatoms. The molecule has 0 bridgehead atoms. The minimum Gasteiger partial charge on any atom is -0.122 e. The van der Waals surface area contributed by atoms with E-state index in [2.05, 4.69) is 6.08 Å². The van der Waals surface area contributed by atoms with E-state index in [1.807, 2.05) is 0 Å². The van der Waals surface area contributed by atoms with Crippen molar-refractivity contribution in [1.82, 2.24) is 0 Å². The number of halogens is 1. The van der Waals surface area contributed by atoms with Crippen LogP contribution in [0.25, 0.3) is 0 Å². The van der Waals surface area contributed by atoms with Crippen LogP contribution >= 0.6 is 11.6 Å². The van der Waals surface area contributed by atoms with Crippen molar-refractivity contribution in [3.63, 3.8) is 0 Å². The first kappa shape index (κ1) is 14.4. The highest BCUT2D eigenvalue weighted by atomic mass is 35.5. The molecule has 2 rings (SSSR count). The van der Waals surface area contributed by atoms with Crippen LogP contribution in [0.2, 0.25) is 0 Å². The number of allylic oxidation sites excluding steroid dienone is 2. The summed E-state index contributed by atoms with van der Waals surface area (Å²) in [6.45, 7) is 0. The van der Waals surface area contributed by atoms with Crippen LogP contribution in [0.15, 0.2) is 11.6 Å². The zero-order chi connectivity index (χ0) is 12.6. The first-order valence-corrected chi connectivity index (χ1v) is 8.70. The molecule has 0 aromatic carbocycles. The van der Waals surface area contributed by atoms with E-state index in [4.69, 9.17) is 11.6 Å². The van der Waals surface area contributed by atoms with Crippen LogP contribution in [0.3, 0.4) is 0 Å². The fraction of sp³-hybridized carbons (Fsp3) is 0.882. The third-order valence-electron chi connectivity index (χ3n) is 4.88. The lowest BCUT2D eigenvalue weighted by Crippen LogP contribution is -2.12. The van der Waals surface area contributed by atoms with E-state index in [1.165, 1.54) is 77.0 Å². The van der Waals surface area contributed by atoms with Crippen LogP contribution < -0.4 is 0 Å². The van der Waals surface area contributed by atoms with E-state index in [9.17, 15) is 0 Å². The van der Waals surface area contributed by atoms with Crippen molar-refractivity contribution in [2.45, 2.75) is 77.0 Å². The fourth-order valence-corrected chi connectivity index (χ4v) is 4.03. The lowest BCUT2D eigenvalue weighted by atomic mass is 9.81. The summed E-state index contributed by atoms with van der Waals surface area (Å²) < 4.78 is 0. The number of hydrogen-bond acceptors (Lipinski definition) is 0. The second-order valence-corrected chi connectivity index (χ2v) is 6.58. The average Bonchev–Trinajstić information content (AvgIpc) is 2.39. The van der Waals surface area contributed by atoms with Crippen LogP contribution in [-0.2, 0) is 0 Å². The summed E-state index contributed by atoms with van der Waals surface area (Å²) in [6.07, 6.45) is 19.7. The van der Waals surface area contributed by atoms with Crippen LogP contribution in [-0.4, -0.2) is 5.88 Å². The largest absolute Gasteiger partial charge is 0.122 e. The van der Waals surface area contributed by atoms with Gasteiger partial charge in [-0.3, -0.25) is 0 Å². The normalized spacial score (nSPS) is 25.7. The monoisotopic (exact) mass is 268 g/mol. The quantitative estimate of drug-likeness (QED) is 0.429. The molecule has 2 aliphatic rings. The molecule has 0 spiro atoms. The lowest BCUT2D eigenvalue weighted by Gasteiger charge is -2.25. The van der Waals surface area contributed by atoms with Crippen LogP contribution in [0.1, 0.15) is 77.0 Å². The minimum absolute atomic E-state index is 0.779. The standard InChI is InChI=1S/C17H29Cl/c18-14-17(16-11-7-4-8-12-16)13-15-9-5-2-1-3-6-10-15/h13,15-16H,1-12,14H2. The third-order valence-corrected chi connectivity index (χ3v) is 5.19. The summed E-state index contributed by atoms with van der Waals surface area (Å²) in [5, 5.41) is 0. The van der Waals surface area contributed by atoms with Gasteiger partial charge in [0, 0.05) is 5.88 Å². The Morgan fingerprint density at radius 1 is 0.778 bits per heavy atom. The summed E-state index contributed by atoms with van der Waals surface area (Å²) >= 11 is 6.22. The Balaban J connectivity index is 1.92. The van der Waals surface area contributed by atoms with E-state index < -0.39 is 0 Å². The van der Waals surface area contributed by atoms with Crippen molar-refractivity contribution >= 4 is 11.6 Å². The van der Waals surface area contributed by atoms with Gasteiger partial charge in [0.2, 0.25) is 0 Å². The summed E-state index contributed by atoms with van der Waals surface area (Å²) in [4.78, 5) is 0. The molecule has 2 saturated carbocycles.